The van der Waals surface area contributed by atoms with E-state index < -0.39 is 0 Å². The predicted molar refractivity (Wildman–Crippen MR) is 136 cm³/mol. The number of hydrogen-bond acceptors (Lipinski definition) is 5. The summed E-state index contributed by atoms with van der Waals surface area (Å²) in [7, 11) is 6.67. The predicted octanol–water partition coefficient (Wildman–Crippen LogP) is 7.27. The summed E-state index contributed by atoms with van der Waals surface area (Å²) in [4.78, 5) is 0. The van der Waals surface area contributed by atoms with Gasteiger partial charge in [-0.15, -0.1) is 0 Å². The lowest BCUT2D eigenvalue weighted by atomic mass is 9.97. The van der Waals surface area contributed by atoms with E-state index in [1.807, 2.05) is 30.3 Å². The highest BCUT2D eigenvalue weighted by Crippen LogP contribution is 2.42. The van der Waals surface area contributed by atoms with E-state index in [-0.39, 0.29) is 0 Å². The lowest BCUT2D eigenvalue weighted by Gasteiger charge is -2.20. The average Bonchev–Trinajstić information content (AvgIpc) is 2.85. The Morgan fingerprint density at radius 2 is 1.56 bits per heavy atom. The molecule has 3 rings (SSSR count). The van der Waals surface area contributed by atoms with Crippen molar-refractivity contribution >= 4 is 6.08 Å². The molecule has 0 radical (unpaired) electrons. The normalized spacial score (nSPS) is 12.6. The van der Waals surface area contributed by atoms with Gasteiger partial charge in [0, 0.05) is 35.3 Å². The Bertz CT molecular complexity index is 1090. The summed E-state index contributed by atoms with van der Waals surface area (Å²) >= 11 is 0. The smallest absolute Gasteiger partial charge is 0.172 e. The molecule has 5 nitrogen and oxygen atoms in total. The van der Waals surface area contributed by atoms with Crippen molar-refractivity contribution in [2.75, 3.05) is 28.4 Å². The highest BCUT2D eigenvalue weighted by molar-refractivity contribution is 5.67. The number of aryl methyl sites for hydroxylation is 1. The number of rotatable bonds is 11. The zero-order valence-electron chi connectivity index (χ0n) is 21.2. The fraction of sp³-hybridized carbons (Fsp3) is 0.414. The van der Waals surface area contributed by atoms with Crippen LogP contribution in [0.1, 0.15) is 56.2 Å². The lowest BCUT2D eigenvalue weighted by molar-refractivity contribution is 0.300. The summed E-state index contributed by atoms with van der Waals surface area (Å²) in [5.41, 5.74) is 7.53. The van der Waals surface area contributed by atoms with Gasteiger partial charge in [-0.2, -0.15) is 0 Å². The van der Waals surface area contributed by atoms with Crippen LogP contribution in [-0.2, 0) is 17.6 Å². The van der Waals surface area contributed by atoms with Gasteiger partial charge in [-0.05, 0) is 49.1 Å². The molecule has 0 aliphatic heterocycles. The van der Waals surface area contributed by atoms with Gasteiger partial charge in [0.05, 0.1) is 28.4 Å². The van der Waals surface area contributed by atoms with Crippen LogP contribution in [0.3, 0.4) is 0 Å². The first-order valence-electron chi connectivity index (χ1n) is 11.9. The van der Waals surface area contributed by atoms with Crippen molar-refractivity contribution < 1.29 is 23.7 Å². The fourth-order valence-corrected chi connectivity index (χ4v) is 4.12. The zero-order chi connectivity index (χ0) is 24.5. The third-order valence-corrected chi connectivity index (χ3v) is 6.02. The monoisotopic (exact) mass is 464 g/mol. The molecule has 0 N–H and O–H groups in total. The van der Waals surface area contributed by atoms with Gasteiger partial charge in [0.2, 0.25) is 0 Å². The topological polar surface area (TPSA) is 46.2 Å². The van der Waals surface area contributed by atoms with Crippen LogP contribution < -0.4 is 18.9 Å². The second-order valence-electron chi connectivity index (χ2n) is 8.18. The molecular formula is C29H36O5. The van der Waals surface area contributed by atoms with Gasteiger partial charge in [-0.25, -0.2) is 0 Å². The molecule has 5 heteroatoms. The molecule has 0 atom stereocenters. The van der Waals surface area contributed by atoms with Crippen molar-refractivity contribution in [3.63, 3.8) is 0 Å². The first-order chi connectivity index (χ1) is 16.6. The summed E-state index contributed by atoms with van der Waals surface area (Å²) in [6, 6.07) is 7.89. The van der Waals surface area contributed by atoms with E-state index in [4.69, 9.17) is 23.7 Å². The molecule has 2 aromatic carbocycles. The van der Waals surface area contributed by atoms with Gasteiger partial charge >= 0.3 is 0 Å². The molecule has 0 aromatic heterocycles. The van der Waals surface area contributed by atoms with Crippen molar-refractivity contribution in [3.05, 3.63) is 64.1 Å². The van der Waals surface area contributed by atoms with E-state index in [0.717, 1.165) is 77.4 Å². The van der Waals surface area contributed by atoms with Crippen LogP contribution in [-0.4, -0.2) is 28.4 Å². The van der Waals surface area contributed by atoms with Crippen LogP contribution >= 0.6 is 0 Å². The molecule has 34 heavy (non-hydrogen) atoms. The van der Waals surface area contributed by atoms with Gasteiger partial charge in [0.25, 0.3) is 0 Å². The Morgan fingerprint density at radius 3 is 2.21 bits per heavy atom. The van der Waals surface area contributed by atoms with Gasteiger partial charge < -0.3 is 23.7 Å². The fourth-order valence-electron chi connectivity index (χ4n) is 4.12. The number of fused-ring (bicyclic) bond motifs is 1. The number of benzene rings is 2. The maximum atomic E-state index is 6.65. The summed E-state index contributed by atoms with van der Waals surface area (Å²) in [5.74, 6) is 4.35. The molecule has 0 heterocycles. The van der Waals surface area contributed by atoms with Crippen molar-refractivity contribution in [1.82, 2.24) is 0 Å². The minimum Gasteiger partial charge on any atom is -0.497 e. The highest BCUT2D eigenvalue weighted by atomic mass is 16.5. The van der Waals surface area contributed by atoms with Crippen molar-refractivity contribution in [3.8, 4) is 28.7 Å². The number of allylic oxidation sites excluding steroid dienone is 1. The van der Waals surface area contributed by atoms with Crippen LogP contribution in [0.15, 0.2) is 47.4 Å². The minimum atomic E-state index is 0.648. The average molecular weight is 465 g/mol. The summed E-state index contributed by atoms with van der Waals surface area (Å²) < 4.78 is 29.1. The van der Waals surface area contributed by atoms with Crippen LogP contribution in [0.5, 0.6) is 28.7 Å². The Morgan fingerprint density at radius 1 is 0.824 bits per heavy atom. The summed E-state index contributed by atoms with van der Waals surface area (Å²) in [5, 5.41) is 0. The maximum absolute atomic E-state index is 6.65. The Labute approximate surface area is 203 Å². The quantitative estimate of drug-likeness (QED) is 0.258. The van der Waals surface area contributed by atoms with E-state index in [1.165, 1.54) is 0 Å². The molecule has 0 spiro atoms. The van der Waals surface area contributed by atoms with E-state index in [9.17, 15) is 0 Å². The van der Waals surface area contributed by atoms with Gasteiger partial charge in [-0.3, -0.25) is 0 Å². The second kappa shape index (κ2) is 12.2. The van der Waals surface area contributed by atoms with Crippen LogP contribution in [0, 0.1) is 0 Å². The molecule has 1 aliphatic rings. The third kappa shape index (κ3) is 5.78. The standard InChI is InChI=1S/C29H36O5/c1-7-9-10-12-21-16-23(30-3)19-28(33-6)29(21)34-27-18-24(31-4)17-22-15-20(8-2)26(32-5)14-11-13-25(22)27/h11,15-19H,7-10,12-13H2,1-6H3. The number of unbranched alkanes of at least 4 members (excludes halogenated alkanes) is 2. The van der Waals surface area contributed by atoms with Crippen molar-refractivity contribution in [2.24, 2.45) is 0 Å². The third-order valence-electron chi connectivity index (χ3n) is 6.02. The molecule has 0 fully saturated rings. The highest BCUT2D eigenvalue weighted by Gasteiger charge is 2.20. The second-order valence-corrected chi connectivity index (χ2v) is 8.18. The van der Waals surface area contributed by atoms with Crippen molar-refractivity contribution in [2.45, 2.75) is 52.4 Å². The molecule has 0 saturated heterocycles. The van der Waals surface area contributed by atoms with Gasteiger partial charge in [-0.1, -0.05) is 32.4 Å². The van der Waals surface area contributed by atoms with Gasteiger partial charge in [0.15, 0.2) is 17.3 Å². The van der Waals surface area contributed by atoms with E-state index in [0.29, 0.717) is 17.9 Å². The van der Waals surface area contributed by atoms with E-state index in [1.54, 1.807) is 28.4 Å². The molecule has 2 aromatic rings. The summed E-state index contributed by atoms with van der Waals surface area (Å²) in [6.07, 6.45) is 9.85. The molecular weight excluding hydrogens is 428 g/mol. The summed E-state index contributed by atoms with van der Waals surface area (Å²) in [6.45, 7) is 4.31. The molecule has 0 unspecified atom stereocenters. The number of ether oxygens (including phenoxy) is 5. The first kappa shape index (κ1) is 25.3. The molecule has 0 saturated carbocycles. The molecule has 0 bridgehead atoms. The molecule has 0 amide bonds. The number of methoxy groups -OCH3 is 4. The Kier molecular flexibility index (Phi) is 9.12. The van der Waals surface area contributed by atoms with Crippen molar-refractivity contribution in [1.29, 1.82) is 0 Å². The van der Waals surface area contributed by atoms with Crippen LogP contribution in [0.2, 0.25) is 0 Å². The number of hydrogen-bond donors (Lipinski definition) is 0. The van der Waals surface area contributed by atoms with Gasteiger partial charge in [0.1, 0.15) is 17.2 Å². The lowest BCUT2D eigenvalue weighted by Crippen LogP contribution is -2.03. The first-order valence-corrected chi connectivity index (χ1v) is 11.9. The Hall–Kier alpha value is -3.30. The van der Waals surface area contributed by atoms with Crippen LogP contribution in [0.4, 0.5) is 0 Å². The largest absolute Gasteiger partial charge is 0.497 e. The van der Waals surface area contributed by atoms with Crippen LogP contribution in [0.25, 0.3) is 6.08 Å². The zero-order valence-corrected chi connectivity index (χ0v) is 21.2. The molecule has 182 valence electrons. The SMILES string of the molecule is CCCCCc1cc(OC)cc(OC)c1Oc1cc(OC)cc2c1CC=C=C(OC)C(CC)=C2. The maximum Gasteiger partial charge on any atom is 0.172 e. The Balaban J connectivity index is 2.14. The van der Waals surface area contributed by atoms with E-state index >= 15 is 0 Å². The minimum absolute atomic E-state index is 0.648. The molecule has 1 aliphatic carbocycles. The van der Waals surface area contributed by atoms with E-state index in [2.05, 4.69) is 25.7 Å².